The smallest absolute Gasteiger partial charge is 0.274 e. The van der Waals surface area contributed by atoms with Crippen molar-refractivity contribution in [1.82, 2.24) is 14.9 Å². The van der Waals surface area contributed by atoms with Crippen LogP contribution in [0.1, 0.15) is 42.7 Å². The fourth-order valence-electron chi connectivity index (χ4n) is 2.60. The number of amides is 1. The van der Waals surface area contributed by atoms with Crippen LogP contribution in [0.15, 0.2) is 30.6 Å². The fourth-order valence-corrected chi connectivity index (χ4v) is 3.10. The van der Waals surface area contributed by atoms with Gasteiger partial charge in [-0.2, -0.15) is 0 Å². The molecule has 1 aromatic heterocycles. The van der Waals surface area contributed by atoms with Crippen LogP contribution in [0.2, 0.25) is 10.0 Å². The summed E-state index contributed by atoms with van der Waals surface area (Å²) >= 11 is 12.1. The maximum absolute atomic E-state index is 12.5. The van der Waals surface area contributed by atoms with Crippen molar-refractivity contribution in [2.45, 2.75) is 33.1 Å². The molecular formula is C19H24Cl2N4O. The summed E-state index contributed by atoms with van der Waals surface area (Å²) in [5.74, 6) is 0.560. The van der Waals surface area contributed by atoms with Crippen LogP contribution in [0.5, 0.6) is 0 Å². The van der Waals surface area contributed by atoms with Crippen molar-refractivity contribution in [2.75, 3.05) is 25.0 Å². The van der Waals surface area contributed by atoms with E-state index in [4.69, 9.17) is 23.2 Å². The minimum Gasteiger partial charge on any atom is -0.368 e. The van der Waals surface area contributed by atoms with Gasteiger partial charge in [-0.3, -0.25) is 4.79 Å². The molecule has 26 heavy (non-hydrogen) atoms. The maximum Gasteiger partial charge on any atom is 0.274 e. The highest BCUT2D eigenvalue weighted by atomic mass is 35.5. The summed E-state index contributed by atoms with van der Waals surface area (Å²) in [6, 6.07) is 5.47. The van der Waals surface area contributed by atoms with E-state index in [9.17, 15) is 4.79 Å². The minimum atomic E-state index is -0.0688. The van der Waals surface area contributed by atoms with Gasteiger partial charge in [0.1, 0.15) is 11.5 Å². The number of hydrogen-bond acceptors (Lipinski definition) is 4. The van der Waals surface area contributed by atoms with Gasteiger partial charge in [-0.15, -0.1) is 0 Å². The van der Waals surface area contributed by atoms with Gasteiger partial charge < -0.3 is 10.2 Å². The van der Waals surface area contributed by atoms with E-state index in [1.165, 1.54) is 6.20 Å². The first-order valence-corrected chi connectivity index (χ1v) is 9.59. The van der Waals surface area contributed by atoms with Gasteiger partial charge in [0, 0.05) is 29.7 Å². The molecule has 0 radical (unpaired) electrons. The molecule has 1 aromatic carbocycles. The minimum absolute atomic E-state index is 0.0688. The van der Waals surface area contributed by atoms with Gasteiger partial charge in [0.2, 0.25) is 0 Å². The topological polar surface area (TPSA) is 58.1 Å². The molecule has 0 aliphatic rings. The predicted octanol–water partition coefficient (Wildman–Crippen LogP) is 4.70. The Morgan fingerprint density at radius 2 is 1.85 bits per heavy atom. The lowest BCUT2D eigenvalue weighted by atomic mass is 10.1. The van der Waals surface area contributed by atoms with Crippen LogP contribution < -0.4 is 5.32 Å². The Kier molecular flexibility index (Phi) is 8.13. The Balaban J connectivity index is 1.91. The Labute approximate surface area is 164 Å². The second kappa shape index (κ2) is 10.3. The SMILES string of the molecule is CCCN(CCC)C(=O)c1cnc(NCCc2ccc(Cl)cc2Cl)cn1. The van der Waals surface area contributed by atoms with Crippen molar-refractivity contribution >= 4 is 34.9 Å². The number of rotatable bonds is 9. The number of aromatic nitrogens is 2. The summed E-state index contributed by atoms with van der Waals surface area (Å²) in [6.45, 7) is 6.23. The normalized spacial score (nSPS) is 10.6. The maximum atomic E-state index is 12.5. The third-order valence-corrected chi connectivity index (χ3v) is 4.45. The zero-order valence-corrected chi connectivity index (χ0v) is 16.6. The molecule has 0 atom stereocenters. The van der Waals surface area contributed by atoms with Crippen molar-refractivity contribution in [3.05, 3.63) is 51.9 Å². The lowest BCUT2D eigenvalue weighted by Gasteiger charge is -2.20. The quantitative estimate of drug-likeness (QED) is 0.669. The van der Waals surface area contributed by atoms with Crippen molar-refractivity contribution in [1.29, 1.82) is 0 Å². The lowest BCUT2D eigenvalue weighted by molar-refractivity contribution is 0.0749. The zero-order valence-electron chi connectivity index (χ0n) is 15.1. The summed E-state index contributed by atoms with van der Waals surface area (Å²) in [5.41, 5.74) is 1.39. The summed E-state index contributed by atoms with van der Waals surface area (Å²) < 4.78 is 0. The molecule has 0 spiro atoms. The molecule has 0 aliphatic carbocycles. The molecule has 1 heterocycles. The van der Waals surface area contributed by atoms with Gasteiger partial charge in [0.25, 0.3) is 5.91 Å². The molecule has 1 N–H and O–H groups in total. The van der Waals surface area contributed by atoms with Crippen LogP contribution in [0, 0.1) is 0 Å². The number of carbonyl (C=O) groups is 1. The number of halogens is 2. The molecule has 140 valence electrons. The number of anilines is 1. The van der Waals surface area contributed by atoms with Gasteiger partial charge in [0.05, 0.1) is 12.4 Å². The first kappa shape index (κ1) is 20.5. The molecule has 7 heteroatoms. The second-order valence-electron chi connectivity index (χ2n) is 5.99. The number of nitrogens with zero attached hydrogens (tertiary/aromatic N) is 3. The van der Waals surface area contributed by atoms with E-state index < -0.39 is 0 Å². The summed E-state index contributed by atoms with van der Waals surface area (Å²) in [5, 5.41) is 4.46. The summed E-state index contributed by atoms with van der Waals surface area (Å²) in [7, 11) is 0. The van der Waals surface area contributed by atoms with E-state index in [0.717, 1.165) is 37.9 Å². The second-order valence-corrected chi connectivity index (χ2v) is 6.84. The Bertz CT molecular complexity index is 716. The Morgan fingerprint density at radius 1 is 1.12 bits per heavy atom. The third-order valence-electron chi connectivity index (χ3n) is 3.86. The Hall–Kier alpha value is -1.85. The van der Waals surface area contributed by atoms with Crippen molar-refractivity contribution in [2.24, 2.45) is 0 Å². The first-order chi connectivity index (χ1) is 12.5. The van der Waals surface area contributed by atoms with E-state index in [-0.39, 0.29) is 5.91 Å². The van der Waals surface area contributed by atoms with Gasteiger partial charge in [-0.05, 0) is 37.0 Å². The summed E-state index contributed by atoms with van der Waals surface area (Å²) in [4.78, 5) is 22.9. The van der Waals surface area contributed by atoms with Crippen LogP contribution in [-0.4, -0.2) is 40.4 Å². The number of benzene rings is 1. The van der Waals surface area contributed by atoms with Crippen LogP contribution in [0.25, 0.3) is 0 Å². The van der Waals surface area contributed by atoms with E-state index in [1.54, 1.807) is 12.3 Å². The Morgan fingerprint density at radius 3 is 2.42 bits per heavy atom. The molecule has 0 unspecified atom stereocenters. The highest BCUT2D eigenvalue weighted by Crippen LogP contribution is 2.21. The van der Waals surface area contributed by atoms with Crippen LogP contribution in [0.3, 0.4) is 0 Å². The highest BCUT2D eigenvalue weighted by molar-refractivity contribution is 6.35. The van der Waals surface area contributed by atoms with Gasteiger partial charge in [-0.1, -0.05) is 43.1 Å². The molecule has 0 aliphatic heterocycles. The molecule has 5 nitrogen and oxygen atoms in total. The average molecular weight is 395 g/mol. The van der Waals surface area contributed by atoms with Crippen LogP contribution in [-0.2, 0) is 6.42 Å². The first-order valence-electron chi connectivity index (χ1n) is 8.84. The molecular weight excluding hydrogens is 371 g/mol. The van der Waals surface area contributed by atoms with Gasteiger partial charge >= 0.3 is 0 Å². The highest BCUT2D eigenvalue weighted by Gasteiger charge is 2.15. The average Bonchev–Trinajstić information content (AvgIpc) is 2.63. The third kappa shape index (κ3) is 5.85. The number of hydrogen-bond donors (Lipinski definition) is 1. The lowest BCUT2D eigenvalue weighted by Crippen LogP contribution is -2.33. The van der Waals surface area contributed by atoms with Gasteiger partial charge in [-0.25, -0.2) is 9.97 Å². The summed E-state index contributed by atoms with van der Waals surface area (Å²) in [6.07, 6.45) is 5.70. The number of nitrogens with one attached hydrogen (secondary N) is 1. The number of carbonyl (C=O) groups excluding carboxylic acids is 1. The molecule has 2 rings (SSSR count). The van der Waals surface area contributed by atoms with E-state index >= 15 is 0 Å². The van der Waals surface area contributed by atoms with Gasteiger partial charge in [0.15, 0.2) is 0 Å². The van der Waals surface area contributed by atoms with E-state index in [1.807, 2.05) is 17.0 Å². The standard InChI is InChI=1S/C19H24Cl2N4O/c1-3-9-25(10-4-2)19(26)17-12-24-18(13-23-17)22-8-7-14-5-6-15(20)11-16(14)21/h5-6,11-13H,3-4,7-10H2,1-2H3,(H,22,24). The molecule has 2 aromatic rings. The molecule has 0 saturated carbocycles. The molecule has 0 saturated heterocycles. The van der Waals surface area contributed by atoms with Crippen LogP contribution in [0.4, 0.5) is 5.82 Å². The largest absolute Gasteiger partial charge is 0.368 e. The molecule has 0 fully saturated rings. The fraction of sp³-hybridized carbons (Fsp3) is 0.421. The van der Waals surface area contributed by atoms with Crippen LogP contribution >= 0.6 is 23.2 Å². The van der Waals surface area contributed by atoms with Crippen molar-refractivity contribution < 1.29 is 4.79 Å². The van der Waals surface area contributed by atoms with E-state index in [2.05, 4.69) is 29.1 Å². The molecule has 1 amide bonds. The van der Waals surface area contributed by atoms with Crippen molar-refractivity contribution in [3.8, 4) is 0 Å². The predicted molar refractivity (Wildman–Crippen MR) is 107 cm³/mol. The zero-order chi connectivity index (χ0) is 18.9. The van der Waals surface area contributed by atoms with Crippen molar-refractivity contribution in [3.63, 3.8) is 0 Å². The van der Waals surface area contributed by atoms with E-state index in [0.29, 0.717) is 28.1 Å². The monoisotopic (exact) mass is 394 g/mol. The molecule has 0 bridgehead atoms.